The van der Waals surface area contributed by atoms with Gasteiger partial charge in [0.15, 0.2) is 0 Å². The van der Waals surface area contributed by atoms with Crippen molar-refractivity contribution in [3.8, 4) is 0 Å². The molecule has 1 unspecified atom stereocenters. The van der Waals surface area contributed by atoms with E-state index in [4.69, 9.17) is 0 Å². The molecule has 0 aromatic carbocycles. The SMILES string of the molecule is [CH3][Zr]([CH3])[CH]1C=CC([Si](C)(C)C)=C1. The number of rotatable bonds is 2. The Hall–Kier alpha value is 0.580. The van der Waals surface area contributed by atoms with E-state index in [2.05, 4.69) is 47.1 Å². The molecular weight excluding hydrogens is 239 g/mol. The first-order valence-electron chi connectivity index (χ1n) is 4.62. The zero-order chi connectivity index (χ0) is 9.35. The Balaban J connectivity index is 2.75. The molecule has 0 heterocycles. The van der Waals surface area contributed by atoms with E-state index in [1.54, 1.807) is 5.20 Å². The van der Waals surface area contributed by atoms with Gasteiger partial charge in [-0.2, -0.15) is 0 Å². The predicted molar refractivity (Wildman–Crippen MR) is 56.0 cm³/mol. The maximum atomic E-state index is 2.56. The van der Waals surface area contributed by atoms with Crippen LogP contribution >= 0.6 is 0 Å². The van der Waals surface area contributed by atoms with Crippen LogP contribution in [0.1, 0.15) is 0 Å². The molecule has 0 saturated carbocycles. The molecule has 0 radical (unpaired) electrons. The molecule has 0 aromatic heterocycles. The zero-order valence-electron chi connectivity index (χ0n) is 8.81. The van der Waals surface area contributed by atoms with E-state index >= 15 is 0 Å². The molecule has 1 aliphatic rings. The molecule has 0 bridgehead atoms. The molecule has 0 spiro atoms. The van der Waals surface area contributed by atoms with Crippen molar-refractivity contribution in [1.29, 1.82) is 0 Å². The average molecular weight is 259 g/mol. The maximum absolute atomic E-state index is 2.56. The molecule has 12 heavy (non-hydrogen) atoms. The Morgan fingerprint density at radius 1 is 1.25 bits per heavy atom. The van der Waals surface area contributed by atoms with Gasteiger partial charge in [-0.25, -0.2) is 0 Å². The van der Waals surface area contributed by atoms with Crippen LogP contribution in [0.4, 0.5) is 0 Å². The minimum absolute atomic E-state index is 0.897. The summed E-state index contributed by atoms with van der Waals surface area (Å²) in [4.78, 5) is 0. The molecule has 0 amide bonds. The van der Waals surface area contributed by atoms with Crippen LogP contribution in [0.25, 0.3) is 0 Å². The molecular formula is C10H19SiZr. The number of hydrogen-bond donors (Lipinski definition) is 0. The summed E-state index contributed by atoms with van der Waals surface area (Å²) in [5, 5.41) is 1.68. The summed E-state index contributed by atoms with van der Waals surface area (Å²) in [6.45, 7) is 7.29. The van der Waals surface area contributed by atoms with Crippen molar-refractivity contribution in [2.24, 2.45) is 0 Å². The molecule has 0 aliphatic heterocycles. The van der Waals surface area contributed by atoms with Gasteiger partial charge in [-0.3, -0.25) is 0 Å². The van der Waals surface area contributed by atoms with E-state index in [1.165, 1.54) is 0 Å². The van der Waals surface area contributed by atoms with Crippen molar-refractivity contribution in [3.63, 3.8) is 0 Å². The topological polar surface area (TPSA) is 0 Å². The molecule has 1 rings (SSSR count). The zero-order valence-corrected chi connectivity index (χ0v) is 12.3. The van der Waals surface area contributed by atoms with Gasteiger partial charge in [-0.15, -0.1) is 0 Å². The van der Waals surface area contributed by atoms with Gasteiger partial charge in [-0.1, -0.05) is 0 Å². The Bertz CT molecular complexity index is 220. The van der Waals surface area contributed by atoms with Crippen molar-refractivity contribution >= 4 is 8.07 Å². The van der Waals surface area contributed by atoms with Crippen LogP contribution in [0, 0.1) is 0 Å². The van der Waals surface area contributed by atoms with Crippen molar-refractivity contribution in [2.75, 3.05) is 0 Å². The molecule has 0 N–H and O–H groups in total. The summed E-state index contributed by atoms with van der Waals surface area (Å²) in [6, 6.07) is 0. The van der Waals surface area contributed by atoms with Gasteiger partial charge in [-0.05, 0) is 0 Å². The van der Waals surface area contributed by atoms with Gasteiger partial charge in [0.25, 0.3) is 0 Å². The molecule has 1 atom stereocenters. The Morgan fingerprint density at radius 2 is 1.83 bits per heavy atom. The monoisotopic (exact) mass is 257 g/mol. The van der Waals surface area contributed by atoms with E-state index in [9.17, 15) is 0 Å². The fourth-order valence-electron chi connectivity index (χ4n) is 1.37. The van der Waals surface area contributed by atoms with Gasteiger partial charge < -0.3 is 0 Å². The van der Waals surface area contributed by atoms with Crippen LogP contribution in [0.2, 0.25) is 32.5 Å². The van der Waals surface area contributed by atoms with E-state index in [-0.39, 0.29) is 0 Å². The first kappa shape index (κ1) is 10.7. The molecule has 0 fully saturated rings. The molecule has 67 valence electrons. The summed E-state index contributed by atoms with van der Waals surface area (Å²) < 4.78 is 5.87. The van der Waals surface area contributed by atoms with E-state index in [0.29, 0.717) is 0 Å². The van der Waals surface area contributed by atoms with E-state index in [0.717, 1.165) is 3.63 Å². The summed E-state index contributed by atoms with van der Waals surface area (Å²) in [5.41, 5.74) is 0. The van der Waals surface area contributed by atoms with Crippen LogP contribution in [-0.4, -0.2) is 8.07 Å². The van der Waals surface area contributed by atoms with E-state index in [1.807, 2.05) is 0 Å². The molecule has 0 nitrogen and oxygen atoms in total. The van der Waals surface area contributed by atoms with Gasteiger partial charge >= 0.3 is 85.8 Å². The van der Waals surface area contributed by atoms with Crippen molar-refractivity contribution in [3.05, 3.63) is 23.4 Å². The second kappa shape index (κ2) is 3.75. The second-order valence-electron chi connectivity index (χ2n) is 4.83. The molecule has 0 saturated heterocycles. The summed E-state index contributed by atoms with van der Waals surface area (Å²) in [5.74, 6) is 0. The molecule has 2 heteroatoms. The predicted octanol–water partition coefficient (Wildman–Crippen LogP) is 3.86. The van der Waals surface area contributed by atoms with Crippen LogP contribution in [-0.2, 0) is 21.8 Å². The van der Waals surface area contributed by atoms with Crippen LogP contribution in [0.15, 0.2) is 23.4 Å². The standard InChI is InChI=1S/C8H13Si.2CH3.Zr/c1-9(2,3)8-6-4-5-7-8;;;/h4-7H,1-3H3;2*1H3;. The average Bonchev–Trinajstić information content (AvgIpc) is 2.30. The normalized spacial score (nSPS) is 22.8. The van der Waals surface area contributed by atoms with E-state index < -0.39 is 29.8 Å². The van der Waals surface area contributed by atoms with Gasteiger partial charge in [0.2, 0.25) is 0 Å². The fourth-order valence-corrected chi connectivity index (χ4v) is 5.50. The third kappa shape index (κ3) is 2.53. The Morgan fingerprint density at radius 3 is 2.08 bits per heavy atom. The van der Waals surface area contributed by atoms with Crippen molar-refractivity contribution in [1.82, 2.24) is 0 Å². The quantitative estimate of drug-likeness (QED) is 0.660. The van der Waals surface area contributed by atoms with Gasteiger partial charge in [0.1, 0.15) is 0 Å². The van der Waals surface area contributed by atoms with Gasteiger partial charge in [0, 0.05) is 0 Å². The number of hydrogen-bond acceptors (Lipinski definition) is 0. The summed E-state index contributed by atoms with van der Waals surface area (Å²) in [6.07, 6.45) is 7.40. The third-order valence-electron chi connectivity index (χ3n) is 2.37. The van der Waals surface area contributed by atoms with Crippen LogP contribution < -0.4 is 0 Å². The summed E-state index contributed by atoms with van der Waals surface area (Å²) >= 11 is -0.987. The van der Waals surface area contributed by atoms with Crippen LogP contribution in [0.5, 0.6) is 0 Å². The number of allylic oxidation sites excluding steroid dienone is 4. The molecule has 0 aromatic rings. The Labute approximate surface area is 85.4 Å². The van der Waals surface area contributed by atoms with Crippen molar-refractivity contribution < 1.29 is 21.8 Å². The summed E-state index contributed by atoms with van der Waals surface area (Å²) in [7, 11) is -1.01. The van der Waals surface area contributed by atoms with Crippen molar-refractivity contribution in [2.45, 2.75) is 32.5 Å². The minimum atomic E-state index is -1.01. The first-order chi connectivity index (χ1) is 5.41. The van der Waals surface area contributed by atoms with Crippen LogP contribution in [0.3, 0.4) is 0 Å². The Kier molecular flexibility index (Phi) is 3.34. The third-order valence-corrected chi connectivity index (χ3v) is 8.60. The van der Waals surface area contributed by atoms with Gasteiger partial charge in [0.05, 0.1) is 0 Å². The molecule has 1 aliphatic carbocycles. The first-order valence-corrected chi connectivity index (χ1v) is 14.5. The fraction of sp³-hybridized carbons (Fsp3) is 0.600. The second-order valence-corrected chi connectivity index (χ2v) is 16.8.